The molecule has 0 saturated heterocycles. The van der Waals surface area contributed by atoms with Crippen LogP contribution in [0.4, 0.5) is 0 Å². The van der Waals surface area contributed by atoms with E-state index in [0.29, 0.717) is 0 Å². The summed E-state index contributed by atoms with van der Waals surface area (Å²) in [6, 6.07) is 22.1. The molecule has 3 heteroatoms. The fourth-order valence-electron chi connectivity index (χ4n) is 3.61. The summed E-state index contributed by atoms with van der Waals surface area (Å²) in [6.45, 7) is 0. The molecule has 0 amide bonds. The van der Waals surface area contributed by atoms with Gasteiger partial charge < -0.3 is 9.15 Å². The number of hydrogen-bond acceptors (Lipinski definition) is 3. The summed E-state index contributed by atoms with van der Waals surface area (Å²) in [7, 11) is 0. The lowest BCUT2D eigenvalue weighted by Crippen LogP contribution is -1.99. The number of hydrogen-bond donors (Lipinski definition) is 0. The van der Waals surface area contributed by atoms with E-state index >= 15 is 0 Å². The number of para-hydroxylation sites is 2. The van der Waals surface area contributed by atoms with Gasteiger partial charge in [-0.2, -0.15) is 0 Å². The van der Waals surface area contributed by atoms with Crippen molar-refractivity contribution in [3.8, 4) is 22.8 Å². The van der Waals surface area contributed by atoms with E-state index in [-0.39, 0.29) is 0 Å². The molecule has 0 fully saturated rings. The molecule has 1 aliphatic rings. The molecular formula is C21H11NO2. The van der Waals surface area contributed by atoms with Crippen molar-refractivity contribution in [1.29, 1.82) is 0 Å². The third-order valence-electron chi connectivity index (χ3n) is 4.66. The van der Waals surface area contributed by atoms with E-state index in [1.807, 2.05) is 48.5 Å². The molecule has 6 rings (SSSR count). The maximum atomic E-state index is 6.11. The average Bonchev–Trinajstić information content (AvgIpc) is 3.01. The molecule has 2 aromatic heterocycles. The molecule has 3 heterocycles. The van der Waals surface area contributed by atoms with Crippen LogP contribution in [0.25, 0.3) is 44.1 Å². The van der Waals surface area contributed by atoms with Crippen molar-refractivity contribution in [2.45, 2.75) is 0 Å². The van der Waals surface area contributed by atoms with Gasteiger partial charge in [-0.05, 0) is 30.3 Å². The summed E-state index contributed by atoms with van der Waals surface area (Å²) in [6.07, 6.45) is 0. The van der Waals surface area contributed by atoms with Crippen molar-refractivity contribution in [2.75, 3.05) is 0 Å². The molecule has 0 unspecified atom stereocenters. The van der Waals surface area contributed by atoms with E-state index < -0.39 is 0 Å². The predicted molar refractivity (Wildman–Crippen MR) is 94.5 cm³/mol. The van der Waals surface area contributed by atoms with Crippen molar-refractivity contribution in [3.05, 3.63) is 66.7 Å². The van der Waals surface area contributed by atoms with Crippen LogP contribution in [0.1, 0.15) is 0 Å². The van der Waals surface area contributed by atoms with Gasteiger partial charge in [0, 0.05) is 16.3 Å². The molecule has 0 radical (unpaired) electrons. The van der Waals surface area contributed by atoms with Crippen LogP contribution < -0.4 is 4.74 Å². The second-order valence-corrected chi connectivity index (χ2v) is 6.01. The summed E-state index contributed by atoms with van der Waals surface area (Å²) in [5.41, 5.74) is 4.56. The van der Waals surface area contributed by atoms with Crippen LogP contribution in [0.5, 0.6) is 11.5 Å². The summed E-state index contributed by atoms with van der Waals surface area (Å²) in [5, 5.41) is 3.10. The first-order valence-electron chi connectivity index (χ1n) is 7.91. The number of fused-ring (bicyclic) bond motifs is 6. The zero-order valence-corrected chi connectivity index (χ0v) is 12.6. The highest BCUT2D eigenvalue weighted by molar-refractivity contribution is 6.18. The van der Waals surface area contributed by atoms with Crippen LogP contribution in [0.2, 0.25) is 0 Å². The van der Waals surface area contributed by atoms with Crippen LogP contribution in [0.3, 0.4) is 0 Å². The van der Waals surface area contributed by atoms with Crippen LogP contribution in [0, 0.1) is 0 Å². The van der Waals surface area contributed by atoms with Crippen molar-refractivity contribution < 1.29 is 9.15 Å². The molecule has 3 nitrogen and oxygen atoms in total. The van der Waals surface area contributed by atoms with E-state index in [1.165, 1.54) is 0 Å². The molecule has 24 heavy (non-hydrogen) atoms. The Kier molecular flexibility index (Phi) is 2.10. The lowest BCUT2D eigenvalue weighted by molar-refractivity contribution is 0.486. The predicted octanol–water partition coefficient (Wildman–Crippen LogP) is 5.91. The maximum Gasteiger partial charge on any atom is 0.161 e. The molecule has 0 saturated carbocycles. The van der Waals surface area contributed by atoms with Gasteiger partial charge >= 0.3 is 0 Å². The van der Waals surface area contributed by atoms with E-state index in [4.69, 9.17) is 14.1 Å². The average molecular weight is 309 g/mol. The zero-order valence-electron chi connectivity index (χ0n) is 12.6. The number of benzene rings is 3. The van der Waals surface area contributed by atoms with E-state index in [2.05, 4.69) is 18.2 Å². The number of furan rings is 1. The van der Waals surface area contributed by atoms with Gasteiger partial charge in [-0.1, -0.05) is 36.4 Å². The largest absolute Gasteiger partial charge is 0.456 e. The minimum atomic E-state index is 0.819. The summed E-state index contributed by atoms with van der Waals surface area (Å²) in [4.78, 5) is 4.99. The van der Waals surface area contributed by atoms with Crippen LogP contribution >= 0.6 is 0 Å². The van der Waals surface area contributed by atoms with Gasteiger partial charge in [0.05, 0.1) is 11.1 Å². The number of ether oxygens (including phenoxy) is 1. The van der Waals surface area contributed by atoms with Crippen LogP contribution in [-0.4, -0.2) is 4.98 Å². The van der Waals surface area contributed by atoms with Crippen LogP contribution in [0.15, 0.2) is 71.1 Å². The fourth-order valence-corrected chi connectivity index (χ4v) is 3.61. The lowest BCUT2D eigenvalue weighted by atomic mass is 9.99. The number of rotatable bonds is 0. The Morgan fingerprint density at radius 3 is 2.50 bits per heavy atom. The molecule has 0 N–H and O–H groups in total. The number of nitrogens with zero attached hydrogens (tertiary/aromatic N) is 1. The molecule has 0 bridgehead atoms. The molecule has 3 aromatic carbocycles. The smallest absolute Gasteiger partial charge is 0.161 e. The summed E-state index contributed by atoms with van der Waals surface area (Å²) in [5.74, 6) is 1.67. The normalized spacial score (nSPS) is 12.5. The van der Waals surface area contributed by atoms with Crippen molar-refractivity contribution in [3.63, 3.8) is 0 Å². The van der Waals surface area contributed by atoms with Crippen LogP contribution in [-0.2, 0) is 0 Å². The first-order valence-corrected chi connectivity index (χ1v) is 7.91. The molecule has 1 aliphatic heterocycles. The zero-order chi connectivity index (χ0) is 15.7. The lowest BCUT2D eigenvalue weighted by Gasteiger charge is -2.20. The van der Waals surface area contributed by atoms with Crippen molar-refractivity contribution >= 4 is 32.8 Å². The highest BCUT2D eigenvalue weighted by Gasteiger charge is 2.24. The molecule has 112 valence electrons. The van der Waals surface area contributed by atoms with Crippen molar-refractivity contribution in [1.82, 2.24) is 4.98 Å². The Labute approximate surface area is 137 Å². The van der Waals surface area contributed by atoms with Gasteiger partial charge in [0.1, 0.15) is 22.6 Å². The number of pyridine rings is 1. The quantitative estimate of drug-likeness (QED) is 0.350. The molecule has 0 spiro atoms. The van der Waals surface area contributed by atoms with E-state index in [1.54, 1.807) is 0 Å². The molecule has 0 atom stereocenters. The van der Waals surface area contributed by atoms with Gasteiger partial charge in [0.15, 0.2) is 5.58 Å². The third-order valence-corrected chi connectivity index (χ3v) is 4.66. The third kappa shape index (κ3) is 1.39. The Balaban J connectivity index is 1.91. The van der Waals surface area contributed by atoms with Gasteiger partial charge in [-0.15, -0.1) is 0 Å². The Morgan fingerprint density at radius 1 is 0.708 bits per heavy atom. The Bertz CT molecular complexity index is 1280. The second kappa shape index (κ2) is 4.15. The van der Waals surface area contributed by atoms with Gasteiger partial charge in [-0.3, -0.25) is 0 Å². The highest BCUT2D eigenvalue weighted by Crippen LogP contribution is 2.47. The molecular weight excluding hydrogens is 298 g/mol. The standard InChI is InChI=1S/C21H11NO2/c1-3-9-15-12(6-1)19-18-14(8-5-11-17(18)23-15)21-20(22-19)13-7-2-4-10-16(13)24-21/h1-11H. The first kappa shape index (κ1) is 12.1. The van der Waals surface area contributed by atoms with Gasteiger partial charge in [0.25, 0.3) is 0 Å². The SMILES string of the molecule is c1ccc2c(c1)Oc1cccc3c1c-2nc1c2ccccc2oc31. The Hall–Kier alpha value is -3.33. The molecule has 5 aromatic rings. The van der Waals surface area contributed by atoms with Gasteiger partial charge in [-0.25, -0.2) is 4.98 Å². The second-order valence-electron chi connectivity index (χ2n) is 6.01. The first-order chi connectivity index (χ1) is 11.9. The van der Waals surface area contributed by atoms with E-state index in [9.17, 15) is 0 Å². The Morgan fingerprint density at radius 2 is 1.50 bits per heavy atom. The topological polar surface area (TPSA) is 35.3 Å². The summed E-state index contributed by atoms with van der Waals surface area (Å²) < 4.78 is 12.2. The monoisotopic (exact) mass is 309 g/mol. The van der Waals surface area contributed by atoms with Gasteiger partial charge in [0.2, 0.25) is 0 Å². The number of aromatic nitrogens is 1. The highest BCUT2D eigenvalue weighted by atomic mass is 16.5. The van der Waals surface area contributed by atoms with E-state index in [0.717, 1.165) is 55.6 Å². The molecule has 0 aliphatic carbocycles. The minimum absolute atomic E-state index is 0.819. The fraction of sp³-hybridized carbons (Fsp3) is 0. The minimum Gasteiger partial charge on any atom is -0.456 e. The summed E-state index contributed by atoms with van der Waals surface area (Å²) >= 11 is 0. The van der Waals surface area contributed by atoms with Crippen molar-refractivity contribution in [2.24, 2.45) is 0 Å². The maximum absolute atomic E-state index is 6.11.